The maximum atomic E-state index is 11.8. The van der Waals surface area contributed by atoms with Crippen molar-refractivity contribution in [3.05, 3.63) is 72.3 Å². The van der Waals surface area contributed by atoms with Crippen LogP contribution < -0.4 is 15.8 Å². The third kappa shape index (κ3) is 4.38. The molecule has 0 bridgehead atoms. The zero-order valence-corrected chi connectivity index (χ0v) is 12.4. The highest BCUT2D eigenvalue weighted by Gasteiger charge is 2.08. The first kappa shape index (κ1) is 15.6. The molecular weight excluding hydrogens is 276 g/mol. The van der Waals surface area contributed by atoms with Crippen LogP contribution in [0, 0.1) is 0 Å². The molecule has 0 heterocycles. The summed E-state index contributed by atoms with van der Waals surface area (Å²) in [4.78, 5) is 11.8. The summed E-state index contributed by atoms with van der Waals surface area (Å²) in [5.41, 5.74) is 8.12. The molecule has 2 aromatic carbocycles. The Morgan fingerprint density at radius 2 is 2.00 bits per heavy atom. The van der Waals surface area contributed by atoms with Gasteiger partial charge in [-0.3, -0.25) is 4.79 Å². The Hall–Kier alpha value is -2.75. The molecule has 4 nitrogen and oxygen atoms in total. The molecule has 0 spiro atoms. The fourth-order valence-corrected chi connectivity index (χ4v) is 2.01. The molecule has 0 aliphatic heterocycles. The standard InChI is InChI=1S/C18H20N2O2/c1-2-11-20-18(21)15-8-9-17(16(19)13-15)22-12-10-14-6-4-3-5-7-14/h2-9,13H,1,10-12,19H2,(H,20,21). The van der Waals surface area contributed by atoms with E-state index in [9.17, 15) is 4.79 Å². The molecule has 0 saturated heterocycles. The minimum atomic E-state index is -0.178. The molecule has 0 fully saturated rings. The lowest BCUT2D eigenvalue weighted by Gasteiger charge is -2.10. The first-order valence-electron chi connectivity index (χ1n) is 7.16. The number of anilines is 1. The molecule has 0 atom stereocenters. The summed E-state index contributed by atoms with van der Waals surface area (Å²) >= 11 is 0. The van der Waals surface area contributed by atoms with Gasteiger partial charge < -0.3 is 15.8 Å². The van der Waals surface area contributed by atoms with Gasteiger partial charge >= 0.3 is 0 Å². The lowest BCUT2D eigenvalue weighted by Crippen LogP contribution is -2.23. The third-order valence-electron chi connectivity index (χ3n) is 3.17. The van der Waals surface area contributed by atoms with Gasteiger partial charge in [0.25, 0.3) is 5.91 Å². The molecule has 0 radical (unpaired) electrons. The van der Waals surface area contributed by atoms with Gasteiger partial charge in [0.05, 0.1) is 12.3 Å². The highest BCUT2D eigenvalue weighted by atomic mass is 16.5. The van der Waals surface area contributed by atoms with Crippen molar-refractivity contribution in [2.75, 3.05) is 18.9 Å². The van der Waals surface area contributed by atoms with E-state index in [0.29, 0.717) is 30.2 Å². The summed E-state index contributed by atoms with van der Waals surface area (Å²) in [6.45, 7) is 4.52. The van der Waals surface area contributed by atoms with Crippen molar-refractivity contribution in [2.45, 2.75) is 6.42 Å². The fraction of sp³-hybridized carbons (Fsp3) is 0.167. The van der Waals surface area contributed by atoms with E-state index in [0.717, 1.165) is 6.42 Å². The molecule has 1 amide bonds. The lowest BCUT2D eigenvalue weighted by atomic mass is 10.1. The number of ether oxygens (including phenoxy) is 1. The number of nitrogens with two attached hydrogens (primary N) is 1. The summed E-state index contributed by atoms with van der Waals surface area (Å²) in [5.74, 6) is 0.415. The maximum absolute atomic E-state index is 11.8. The Morgan fingerprint density at radius 3 is 2.68 bits per heavy atom. The maximum Gasteiger partial charge on any atom is 0.251 e. The Balaban J connectivity index is 1.92. The van der Waals surface area contributed by atoms with Gasteiger partial charge in [-0.05, 0) is 23.8 Å². The number of hydrogen-bond donors (Lipinski definition) is 2. The molecule has 0 aliphatic rings. The first-order valence-corrected chi connectivity index (χ1v) is 7.16. The van der Waals surface area contributed by atoms with E-state index in [2.05, 4.69) is 24.0 Å². The van der Waals surface area contributed by atoms with Gasteiger partial charge in [0.1, 0.15) is 5.75 Å². The highest BCUT2D eigenvalue weighted by Crippen LogP contribution is 2.22. The van der Waals surface area contributed by atoms with Crippen LogP contribution in [-0.4, -0.2) is 19.1 Å². The largest absolute Gasteiger partial charge is 0.491 e. The molecule has 2 aromatic rings. The van der Waals surface area contributed by atoms with Gasteiger partial charge in [0, 0.05) is 18.5 Å². The number of carbonyl (C=O) groups excluding carboxylic acids is 1. The van der Waals surface area contributed by atoms with E-state index >= 15 is 0 Å². The SMILES string of the molecule is C=CCNC(=O)c1ccc(OCCc2ccccc2)c(N)c1. The minimum Gasteiger partial charge on any atom is -0.491 e. The highest BCUT2D eigenvalue weighted by molar-refractivity contribution is 5.95. The van der Waals surface area contributed by atoms with Gasteiger partial charge in [-0.1, -0.05) is 36.4 Å². The van der Waals surface area contributed by atoms with Crippen molar-refractivity contribution in [2.24, 2.45) is 0 Å². The van der Waals surface area contributed by atoms with Gasteiger partial charge in [0.15, 0.2) is 0 Å². The van der Waals surface area contributed by atoms with Crippen molar-refractivity contribution < 1.29 is 9.53 Å². The van der Waals surface area contributed by atoms with Crippen LogP contribution in [-0.2, 0) is 6.42 Å². The number of nitrogens with one attached hydrogen (secondary N) is 1. The van der Waals surface area contributed by atoms with E-state index < -0.39 is 0 Å². The van der Waals surface area contributed by atoms with Crippen LogP contribution in [0.5, 0.6) is 5.75 Å². The van der Waals surface area contributed by atoms with Crippen LogP contribution >= 0.6 is 0 Å². The van der Waals surface area contributed by atoms with Crippen molar-refractivity contribution >= 4 is 11.6 Å². The molecular formula is C18H20N2O2. The Labute approximate surface area is 130 Å². The average Bonchev–Trinajstić information content (AvgIpc) is 2.55. The molecule has 0 unspecified atom stereocenters. The van der Waals surface area contributed by atoms with E-state index in [1.54, 1.807) is 24.3 Å². The van der Waals surface area contributed by atoms with Gasteiger partial charge in [-0.15, -0.1) is 6.58 Å². The van der Waals surface area contributed by atoms with Gasteiger partial charge in [-0.25, -0.2) is 0 Å². The summed E-state index contributed by atoms with van der Waals surface area (Å²) in [7, 11) is 0. The second-order valence-electron chi connectivity index (χ2n) is 4.84. The molecule has 3 N–H and O–H groups in total. The molecule has 0 saturated carbocycles. The second kappa shape index (κ2) is 7.88. The number of hydrogen-bond acceptors (Lipinski definition) is 3. The number of benzene rings is 2. The summed E-state index contributed by atoms with van der Waals surface area (Å²) in [6.07, 6.45) is 2.43. The number of nitrogen functional groups attached to an aromatic ring is 1. The van der Waals surface area contributed by atoms with Crippen LogP contribution in [0.4, 0.5) is 5.69 Å². The number of carbonyl (C=O) groups is 1. The van der Waals surface area contributed by atoms with Crippen molar-refractivity contribution in [1.29, 1.82) is 0 Å². The Kier molecular flexibility index (Phi) is 5.60. The van der Waals surface area contributed by atoms with E-state index in [1.807, 2.05) is 18.2 Å². The number of amides is 1. The number of rotatable bonds is 7. The van der Waals surface area contributed by atoms with Crippen molar-refractivity contribution in [3.8, 4) is 5.75 Å². The van der Waals surface area contributed by atoms with Crippen LogP contribution in [0.2, 0.25) is 0 Å². The fourth-order valence-electron chi connectivity index (χ4n) is 2.01. The normalized spacial score (nSPS) is 10.0. The predicted molar refractivity (Wildman–Crippen MR) is 89.0 cm³/mol. The van der Waals surface area contributed by atoms with Gasteiger partial charge in [0.2, 0.25) is 0 Å². The molecule has 22 heavy (non-hydrogen) atoms. The lowest BCUT2D eigenvalue weighted by molar-refractivity contribution is 0.0958. The minimum absolute atomic E-state index is 0.178. The second-order valence-corrected chi connectivity index (χ2v) is 4.84. The molecule has 0 aliphatic carbocycles. The zero-order chi connectivity index (χ0) is 15.8. The van der Waals surface area contributed by atoms with Crippen LogP contribution in [0.15, 0.2) is 61.2 Å². The Bertz CT molecular complexity index is 639. The molecule has 4 heteroatoms. The summed E-state index contributed by atoms with van der Waals surface area (Å²) in [5, 5.41) is 2.71. The zero-order valence-electron chi connectivity index (χ0n) is 12.4. The van der Waals surface area contributed by atoms with Crippen LogP contribution in [0.1, 0.15) is 15.9 Å². The van der Waals surface area contributed by atoms with Gasteiger partial charge in [-0.2, -0.15) is 0 Å². The first-order chi connectivity index (χ1) is 10.7. The van der Waals surface area contributed by atoms with E-state index in [4.69, 9.17) is 10.5 Å². The quantitative estimate of drug-likeness (QED) is 0.610. The smallest absolute Gasteiger partial charge is 0.251 e. The van der Waals surface area contributed by atoms with Crippen molar-refractivity contribution in [3.63, 3.8) is 0 Å². The molecule has 114 valence electrons. The summed E-state index contributed by atoms with van der Waals surface area (Å²) in [6, 6.07) is 15.1. The molecule has 0 aromatic heterocycles. The average molecular weight is 296 g/mol. The third-order valence-corrected chi connectivity index (χ3v) is 3.17. The van der Waals surface area contributed by atoms with E-state index in [1.165, 1.54) is 5.56 Å². The Morgan fingerprint density at radius 1 is 1.23 bits per heavy atom. The van der Waals surface area contributed by atoms with Crippen LogP contribution in [0.3, 0.4) is 0 Å². The summed E-state index contributed by atoms with van der Waals surface area (Å²) < 4.78 is 5.68. The monoisotopic (exact) mass is 296 g/mol. The van der Waals surface area contributed by atoms with Crippen LogP contribution in [0.25, 0.3) is 0 Å². The van der Waals surface area contributed by atoms with E-state index in [-0.39, 0.29) is 5.91 Å². The topological polar surface area (TPSA) is 64.3 Å². The predicted octanol–water partition coefficient (Wildman–Crippen LogP) is 2.81. The van der Waals surface area contributed by atoms with Crippen molar-refractivity contribution in [1.82, 2.24) is 5.32 Å². The molecule has 2 rings (SSSR count).